The molecule has 8 heteroatoms. The molecule has 0 saturated heterocycles. The molecule has 8 rings (SSSR count). The zero-order valence-electron chi connectivity index (χ0n) is 40.2. The molecule has 4 heterocycles. The number of hydrogen-bond acceptors (Lipinski definition) is 8. The standard InChI is InChI=1S/C56H78N4O4/c1-35-27-41-31-45(61-5)19-23-49(41)53(57-35)17-11-15-39(55-51-25-21-47(63-7)33-43(51)29-37(3)59-55)13-9-10-14-40(56-52-26-22-48(64-8)34-44(52)30-38(4)60-56)16-12-18-54-50-24-20-46(62-6)32-42(50)28-36(2)58-54/h19-26,31-40,53-60H,9-18,27-30H2,1-8H3. The fourth-order valence-electron chi connectivity index (χ4n) is 12.2. The molecule has 0 radical (unpaired) electrons. The maximum absolute atomic E-state index is 5.72. The highest BCUT2D eigenvalue weighted by Gasteiger charge is 2.34. The van der Waals surface area contributed by atoms with Crippen LogP contribution in [0.1, 0.15) is 161 Å². The number of nitrogens with one attached hydrogen (secondary N) is 4. The molecule has 10 atom stereocenters. The lowest BCUT2D eigenvalue weighted by atomic mass is 9.77. The molecule has 0 saturated carbocycles. The Bertz CT molecular complexity index is 2010. The maximum Gasteiger partial charge on any atom is 0.119 e. The van der Waals surface area contributed by atoms with Crippen LogP contribution in [0.4, 0.5) is 0 Å². The number of hydrogen-bond donors (Lipinski definition) is 4. The Kier molecular flexibility index (Phi) is 15.6. The molecule has 0 bridgehead atoms. The highest BCUT2D eigenvalue weighted by atomic mass is 16.5. The minimum absolute atomic E-state index is 0.339. The molecule has 4 N–H and O–H groups in total. The average molecular weight is 871 g/mol. The molecule has 64 heavy (non-hydrogen) atoms. The van der Waals surface area contributed by atoms with E-state index in [-0.39, 0.29) is 0 Å². The molecule has 4 aliphatic heterocycles. The first-order valence-corrected chi connectivity index (χ1v) is 24.8. The van der Waals surface area contributed by atoms with Crippen LogP contribution < -0.4 is 40.2 Å². The summed E-state index contributed by atoms with van der Waals surface area (Å²) in [7, 11) is 7.13. The van der Waals surface area contributed by atoms with Gasteiger partial charge in [-0.1, -0.05) is 49.9 Å². The van der Waals surface area contributed by atoms with Gasteiger partial charge in [0.1, 0.15) is 23.0 Å². The molecular formula is C56H78N4O4. The van der Waals surface area contributed by atoms with Crippen molar-refractivity contribution in [2.45, 2.75) is 166 Å². The highest BCUT2D eigenvalue weighted by Crippen LogP contribution is 2.42. The van der Waals surface area contributed by atoms with Gasteiger partial charge in [-0.3, -0.25) is 0 Å². The fraction of sp³-hybridized carbons (Fsp3) is 0.571. The van der Waals surface area contributed by atoms with E-state index in [0.717, 1.165) is 61.5 Å². The van der Waals surface area contributed by atoms with Crippen molar-refractivity contribution in [2.75, 3.05) is 28.4 Å². The summed E-state index contributed by atoms with van der Waals surface area (Å²) in [6.07, 6.45) is 16.1. The second kappa shape index (κ2) is 21.5. The first kappa shape index (κ1) is 46.4. The van der Waals surface area contributed by atoms with Crippen LogP contribution in [0.2, 0.25) is 0 Å². The molecule has 4 aromatic rings. The van der Waals surface area contributed by atoms with Crippen LogP contribution in [0.3, 0.4) is 0 Å². The number of benzene rings is 4. The van der Waals surface area contributed by atoms with Gasteiger partial charge in [0.15, 0.2) is 0 Å². The summed E-state index contributed by atoms with van der Waals surface area (Å²) in [5, 5.41) is 16.2. The Labute approximate surface area is 385 Å². The normalized spacial score (nSPS) is 25.8. The van der Waals surface area contributed by atoms with Crippen LogP contribution in [0.25, 0.3) is 0 Å². The van der Waals surface area contributed by atoms with Crippen molar-refractivity contribution in [1.29, 1.82) is 0 Å². The molecule has 346 valence electrons. The van der Waals surface area contributed by atoms with Gasteiger partial charge in [-0.15, -0.1) is 0 Å². The summed E-state index contributed by atoms with van der Waals surface area (Å²) in [4.78, 5) is 0. The summed E-state index contributed by atoms with van der Waals surface area (Å²) in [5.41, 5.74) is 11.6. The fourth-order valence-corrected chi connectivity index (χ4v) is 12.2. The number of ether oxygens (including phenoxy) is 4. The summed E-state index contributed by atoms with van der Waals surface area (Å²) in [6.45, 7) is 9.38. The van der Waals surface area contributed by atoms with Gasteiger partial charge in [0.25, 0.3) is 0 Å². The predicted molar refractivity (Wildman–Crippen MR) is 261 cm³/mol. The predicted octanol–water partition coefficient (Wildman–Crippen LogP) is 11.3. The first-order chi connectivity index (χ1) is 31.1. The molecule has 0 aromatic heterocycles. The summed E-state index contributed by atoms with van der Waals surface area (Å²) in [5.74, 6) is 4.94. The van der Waals surface area contributed by atoms with Crippen molar-refractivity contribution in [3.05, 3.63) is 117 Å². The Balaban J connectivity index is 0.989. The van der Waals surface area contributed by atoms with Gasteiger partial charge in [0.05, 0.1) is 28.4 Å². The van der Waals surface area contributed by atoms with Crippen LogP contribution in [-0.4, -0.2) is 52.6 Å². The second-order valence-electron chi connectivity index (χ2n) is 20.1. The third kappa shape index (κ3) is 10.9. The van der Waals surface area contributed by atoms with E-state index in [1.807, 2.05) is 0 Å². The lowest BCUT2D eigenvalue weighted by Gasteiger charge is -2.38. The third-order valence-corrected chi connectivity index (χ3v) is 15.3. The lowest BCUT2D eigenvalue weighted by Crippen LogP contribution is -2.41. The number of methoxy groups -OCH3 is 4. The van der Waals surface area contributed by atoms with E-state index in [0.29, 0.717) is 60.2 Å². The van der Waals surface area contributed by atoms with Gasteiger partial charge < -0.3 is 40.2 Å². The second-order valence-corrected chi connectivity index (χ2v) is 20.1. The van der Waals surface area contributed by atoms with Gasteiger partial charge in [0.2, 0.25) is 0 Å². The van der Waals surface area contributed by atoms with Crippen molar-refractivity contribution in [1.82, 2.24) is 21.3 Å². The van der Waals surface area contributed by atoms with Gasteiger partial charge in [-0.2, -0.15) is 0 Å². The molecule has 10 unspecified atom stereocenters. The van der Waals surface area contributed by atoms with Crippen molar-refractivity contribution < 1.29 is 18.9 Å². The smallest absolute Gasteiger partial charge is 0.119 e. The summed E-state index contributed by atoms with van der Waals surface area (Å²) >= 11 is 0. The van der Waals surface area contributed by atoms with E-state index in [4.69, 9.17) is 18.9 Å². The number of unbranched alkanes of at least 4 members (excludes halogenated alkanes) is 1. The highest BCUT2D eigenvalue weighted by molar-refractivity contribution is 5.43. The Morgan fingerprint density at radius 2 is 0.703 bits per heavy atom. The maximum atomic E-state index is 5.72. The minimum atomic E-state index is 0.339. The van der Waals surface area contributed by atoms with Gasteiger partial charge >= 0.3 is 0 Å². The van der Waals surface area contributed by atoms with Gasteiger partial charge in [-0.05, 0) is 197 Å². The van der Waals surface area contributed by atoms with Crippen molar-refractivity contribution >= 4 is 0 Å². The zero-order valence-corrected chi connectivity index (χ0v) is 40.2. The Morgan fingerprint density at radius 3 is 1.05 bits per heavy atom. The molecule has 0 spiro atoms. The Hall–Kier alpha value is -4.08. The molecular weight excluding hydrogens is 793 g/mol. The van der Waals surface area contributed by atoms with Crippen molar-refractivity contribution in [3.63, 3.8) is 0 Å². The molecule has 8 nitrogen and oxygen atoms in total. The van der Waals surface area contributed by atoms with Crippen LogP contribution in [0.15, 0.2) is 72.8 Å². The van der Waals surface area contributed by atoms with E-state index < -0.39 is 0 Å². The average Bonchev–Trinajstić information content (AvgIpc) is 3.29. The van der Waals surface area contributed by atoms with Crippen molar-refractivity contribution in [2.24, 2.45) is 11.8 Å². The summed E-state index contributed by atoms with van der Waals surface area (Å²) < 4.78 is 22.7. The third-order valence-electron chi connectivity index (χ3n) is 15.3. The largest absolute Gasteiger partial charge is 0.497 e. The van der Waals surface area contributed by atoms with Crippen LogP contribution in [-0.2, 0) is 25.7 Å². The number of fused-ring (bicyclic) bond motifs is 4. The van der Waals surface area contributed by atoms with Crippen LogP contribution >= 0.6 is 0 Å². The Morgan fingerprint density at radius 1 is 0.406 bits per heavy atom. The number of rotatable bonds is 19. The van der Waals surface area contributed by atoms with Crippen LogP contribution in [0.5, 0.6) is 23.0 Å². The first-order valence-electron chi connectivity index (χ1n) is 24.8. The quantitative estimate of drug-likeness (QED) is 0.0694. The SMILES string of the molecule is COc1ccc2c(c1)CC(C)NC2CCCC(CCCCC(CCCC1NC(C)Cc2cc(OC)ccc21)C1NC(C)Cc2cc(OC)ccc21)C1NC(C)Cc2cc(OC)ccc21. The van der Waals surface area contributed by atoms with Gasteiger partial charge in [-0.25, -0.2) is 0 Å². The molecule has 4 aliphatic rings. The topological polar surface area (TPSA) is 85.0 Å². The van der Waals surface area contributed by atoms with E-state index in [9.17, 15) is 0 Å². The monoisotopic (exact) mass is 871 g/mol. The van der Waals surface area contributed by atoms with E-state index in [1.165, 1.54) is 95.9 Å². The van der Waals surface area contributed by atoms with E-state index in [2.05, 4.69) is 122 Å². The van der Waals surface area contributed by atoms with E-state index >= 15 is 0 Å². The minimum Gasteiger partial charge on any atom is -0.497 e. The molecule has 0 amide bonds. The van der Waals surface area contributed by atoms with Crippen molar-refractivity contribution in [3.8, 4) is 23.0 Å². The zero-order chi connectivity index (χ0) is 44.7. The van der Waals surface area contributed by atoms with Crippen LogP contribution in [0, 0.1) is 11.8 Å². The summed E-state index contributed by atoms with van der Waals surface area (Å²) in [6, 6.07) is 30.2. The van der Waals surface area contributed by atoms with E-state index in [1.54, 1.807) is 28.4 Å². The van der Waals surface area contributed by atoms with Gasteiger partial charge in [0, 0.05) is 48.3 Å². The molecule has 4 aromatic carbocycles. The lowest BCUT2D eigenvalue weighted by molar-refractivity contribution is 0.245. The molecule has 0 aliphatic carbocycles. The molecule has 0 fully saturated rings.